The van der Waals surface area contributed by atoms with Crippen LogP contribution in [0.4, 0.5) is 5.69 Å². The Hall–Kier alpha value is -2.96. The average molecular weight is 402 g/mol. The van der Waals surface area contributed by atoms with E-state index in [9.17, 15) is 18.0 Å². The van der Waals surface area contributed by atoms with Crippen LogP contribution in [0.15, 0.2) is 52.3 Å². The summed E-state index contributed by atoms with van der Waals surface area (Å²) in [4.78, 5) is 24.3. The van der Waals surface area contributed by atoms with Crippen molar-refractivity contribution in [3.05, 3.63) is 58.5 Å². The van der Waals surface area contributed by atoms with E-state index in [2.05, 4.69) is 5.32 Å². The maximum atomic E-state index is 12.6. The lowest BCUT2D eigenvalue weighted by atomic mass is 10.1. The Balaban J connectivity index is 2.18. The summed E-state index contributed by atoms with van der Waals surface area (Å²) < 4.78 is 27.6. The van der Waals surface area contributed by atoms with Crippen molar-refractivity contribution in [1.29, 1.82) is 5.26 Å². The Bertz CT molecular complexity index is 1030. The second-order valence-corrected chi connectivity index (χ2v) is 7.94. The first kappa shape index (κ1) is 21.3. The molecule has 2 rings (SSSR count). The molecule has 0 aliphatic heterocycles. The smallest absolute Gasteiger partial charge is 0.251 e. The van der Waals surface area contributed by atoms with Crippen LogP contribution in [0.25, 0.3) is 0 Å². The molecule has 0 bridgehead atoms. The number of amides is 1. The molecule has 1 heterocycles. The number of aromatic nitrogens is 1. The van der Waals surface area contributed by atoms with E-state index in [0.29, 0.717) is 18.8 Å². The lowest BCUT2D eigenvalue weighted by Crippen LogP contribution is -2.33. The number of carbonyl (C=O) groups excluding carboxylic acids is 1. The summed E-state index contributed by atoms with van der Waals surface area (Å²) >= 11 is 0. The Kier molecular flexibility index (Phi) is 7.09. The molecule has 0 saturated carbocycles. The highest BCUT2D eigenvalue weighted by molar-refractivity contribution is 7.89. The Labute approximate surface area is 164 Å². The molecule has 0 aliphatic rings. The van der Waals surface area contributed by atoms with Crippen molar-refractivity contribution in [2.75, 3.05) is 18.4 Å². The van der Waals surface area contributed by atoms with Crippen LogP contribution in [0.3, 0.4) is 0 Å². The van der Waals surface area contributed by atoms with Gasteiger partial charge in [0.25, 0.3) is 5.56 Å². The van der Waals surface area contributed by atoms with Gasteiger partial charge >= 0.3 is 0 Å². The molecule has 0 unspecified atom stereocenters. The molecular formula is C19H22N4O4S. The van der Waals surface area contributed by atoms with Gasteiger partial charge < -0.3 is 9.88 Å². The van der Waals surface area contributed by atoms with E-state index in [1.165, 1.54) is 16.6 Å². The predicted octanol–water partition coefficient (Wildman–Crippen LogP) is 1.58. The van der Waals surface area contributed by atoms with Crippen LogP contribution in [-0.4, -0.2) is 36.3 Å². The molecule has 9 heteroatoms. The highest BCUT2D eigenvalue weighted by Gasteiger charge is 2.22. The van der Waals surface area contributed by atoms with Crippen LogP contribution >= 0.6 is 0 Å². The van der Waals surface area contributed by atoms with E-state index in [4.69, 9.17) is 5.26 Å². The zero-order chi connectivity index (χ0) is 20.7. The van der Waals surface area contributed by atoms with Gasteiger partial charge in [-0.15, -0.1) is 0 Å². The monoisotopic (exact) mass is 402 g/mol. The number of rotatable bonds is 8. The SMILES string of the molecule is CCN(CC)S(=O)(=O)c1ccc(=O)n(CC(=O)Nc2ccc(CC#N)cc2)c1. The second kappa shape index (κ2) is 9.30. The molecule has 28 heavy (non-hydrogen) atoms. The molecule has 1 N–H and O–H groups in total. The Morgan fingerprint density at radius 2 is 1.79 bits per heavy atom. The fourth-order valence-corrected chi connectivity index (χ4v) is 4.13. The van der Waals surface area contributed by atoms with Gasteiger partial charge in [-0.3, -0.25) is 9.59 Å². The first-order valence-corrected chi connectivity index (χ1v) is 10.2. The van der Waals surface area contributed by atoms with Crippen LogP contribution in [0.5, 0.6) is 0 Å². The number of benzene rings is 1. The number of hydrogen-bond acceptors (Lipinski definition) is 5. The molecule has 2 aromatic rings. The van der Waals surface area contributed by atoms with E-state index in [1.54, 1.807) is 38.1 Å². The zero-order valence-electron chi connectivity index (χ0n) is 15.8. The molecule has 1 aromatic carbocycles. The Morgan fingerprint density at radius 3 is 2.36 bits per heavy atom. The third-order valence-electron chi connectivity index (χ3n) is 4.13. The van der Waals surface area contributed by atoms with Crippen molar-refractivity contribution in [2.24, 2.45) is 0 Å². The maximum Gasteiger partial charge on any atom is 0.251 e. The number of nitrogens with one attached hydrogen (secondary N) is 1. The largest absolute Gasteiger partial charge is 0.325 e. The average Bonchev–Trinajstić information content (AvgIpc) is 2.66. The van der Waals surface area contributed by atoms with E-state index in [-0.39, 0.29) is 17.9 Å². The van der Waals surface area contributed by atoms with Gasteiger partial charge in [-0.25, -0.2) is 8.42 Å². The molecule has 0 aliphatic carbocycles. The van der Waals surface area contributed by atoms with Gasteiger partial charge in [0.2, 0.25) is 15.9 Å². The van der Waals surface area contributed by atoms with Gasteiger partial charge in [0.05, 0.1) is 17.4 Å². The van der Waals surface area contributed by atoms with Gasteiger partial charge in [-0.05, 0) is 23.8 Å². The summed E-state index contributed by atoms with van der Waals surface area (Å²) in [5.41, 5.74) is 0.871. The van der Waals surface area contributed by atoms with E-state index in [1.807, 2.05) is 6.07 Å². The molecule has 1 amide bonds. The van der Waals surface area contributed by atoms with Crippen LogP contribution in [0.2, 0.25) is 0 Å². The highest BCUT2D eigenvalue weighted by Crippen LogP contribution is 2.14. The fourth-order valence-electron chi connectivity index (χ4n) is 2.65. The third kappa shape index (κ3) is 5.06. The topological polar surface area (TPSA) is 112 Å². The number of anilines is 1. The minimum absolute atomic E-state index is 0.0375. The van der Waals surface area contributed by atoms with Gasteiger partial charge in [0, 0.05) is 31.0 Å². The van der Waals surface area contributed by atoms with E-state index in [0.717, 1.165) is 16.2 Å². The van der Waals surface area contributed by atoms with Crippen molar-refractivity contribution in [3.8, 4) is 6.07 Å². The minimum atomic E-state index is -3.73. The molecule has 0 radical (unpaired) electrons. The summed E-state index contributed by atoms with van der Waals surface area (Å²) in [5, 5.41) is 11.3. The third-order valence-corrected chi connectivity index (χ3v) is 6.17. The lowest BCUT2D eigenvalue weighted by Gasteiger charge is -2.19. The number of hydrogen-bond donors (Lipinski definition) is 1. The van der Waals surface area contributed by atoms with Crippen molar-refractivity contribution < 1.29 is 13.2 Å². The molecule has 0 saturated heterocycles. The van der Waals surface area contributed by atoms with Crippen molar-refractivity contribution >= 4 is 21.6 Å². The second-order valence-electron chi connectivity index (χ2n) is 6.00. The summed E-state index contributed by atoms with van der Waals surface area (Å²) in [5.74, 6) is -0.465. The predicted molar refractivity (Wildman–Crippen MR) is 105 cm³/mol. The Morgan fingerprint density at radius 1 is 1.14 bits per heavy atom. The summed E-state index contributed by atoms with van der Waals surface area (Å²) in [6, 6.07) is 11.2. The van der Waals surface area contributed by atoms with Gasteiger partial charge in [-0.2, -0.15) is 9.57 Å². The number of carbonyl (C=O) groups is 1. The first-order valence-electron chi connectivity index (χ1n) is 8.78. The molecular weight excluding hydrogens is 380 g/mol. The lowest BCUT2D eigenvalue weighted by molar-refractivity contribution is -0.116. The molecule has 8 nitrogen and oxygen atoms in total. The minimum Gasteiger partial charge on any atom is -0.325 e. The fraction of sp³-hybridized carbons (Fsp3) is 0.316. The normalized spacial score (nSPS) is 11.2. The maximum absolute atomic E-state index is 12.6. The number of nitriles is 1. The molecule has 0 spiro atoms. The van der Waals surface area contributed by atoms with Gasteiger partial charge in [0.1, 0.15) is 6.54 Å². The van der Waals surface area contributed by atoms with E-state index < -0.39 is 21.5 Å². The van der Waals surface area contributed by atoms with Crippen LogP contribution in [0, 0.1) is 11.3 Å². The molecule has 1 aromatic heterocycles. The van der Waals surface area contributed by atoms with Crippen LogP contribution in [-0.2, 0) is 27.8 Å². The quantitative estimate of drug-likeness (QED) is 0.720. The van der Waals surface area contributed by atoms with Crippen LogP contribution < -0.4 is 10.9 Å². The summed E-state index contributed by atoms with van der Waals surface area (Å²) in [6.45, 7) is 3.75. The van der Waals surface area contributed by atoms with Gasteiger partial charge in [0.15, 0.2) is 0 Å². The van der Waals surface area contributed by atoms with Crippen molar-refractivity contribution in [3.63, 3.8) is 0 Å². The zero-order valence-corrected chi connectivity index (χ0v) is 16.6. The van der Waals surface area contributed by atoms with Crippen molar-refractivity contribution in [1.82, 2.24) is 8.87 Å². The van der Waals surface area contributed by atoms with E-state index >= 15 is 0 Å². The summed E-state index contributed by atoms with van der Waals surface area (Å²) in [6.07, 6.45) is 1.46. The number of sulfonamides is 1. The molecule has 0 fully saturated rings. The molecule has 148 valence electrons. The van der Waals surface area contributed by atoms with Gasteiger partial charge in [-0.1, -0.05) is 26.0 Å². The van der Waals surface area contributed by atoms with Crippen LogP contribution in [0.1, 0.15) is 19.4 Å². The number of pyridine rings is 1. The first-order chi connectivity index (χ1) is 13.3. The molecule has 0 atom stereocenters. The van der Waals surface area contributed by atoms with Crippen molar-refractivity contribution in [2.45, 2.75) is 31.7 Å². The standard InChI is InChI=1S/C19H22N4O4S/c1-3-23(4-2)28(26,27)17-9-10-19(25)22(13-17)14-18(24)21-16-7-5-15(6-8-16)11-12-20/h5-10,13H,3-4,11,14H2,1-2H3,(H,21,24). The highest BCUT2D eigenvalue weighted by atomic mass is 32.2. The summed E-state index contributed by atoms with van der Waals surface area (Å²) in [7, 11) is -3.73. The number of nitrogens with zero attached hydrogens (tertiary/aromatic N) is 3.